The Bertz CT molecular complexity index is 1170. The van der Waals surface area contributed by atoms with Gasteiger partial charge in [-0.15, -0.1) is 0 Å². The summed E-state index contributed by atoms with van der Waals surface area (Å²) in [5.74, 6) is -4.85. The van der Waals surface area contributed by atoms with E-state index in [4.69, 9.17) is 0 Å². The monoisotopic (exact) mass is 464 g/mol. The highest BCUT2D eigenvalue weighted by atomic mass is 16.4. The van der Waals surface area contributed by atoms with Gasteiger partial charge in [0.25, 0.3) is 23.6 Å². The average Bonchev–Trinajstić information content (AvgIpc) is 3.21. The van der Waals surface area contributed by atoms with Gasteiger partial charge in [0, 0.05) is 13.1 Å². The van der Waals surface area contributed by atoms with Crippen LogP contribution in [0.5, 0.6) is 0 Å². The number of hydrogen-bond donors (Lipinski definition) is 2. The highest BCUT2D eigenvalue weighted by molar-refractivity contribution is 6.25. The predicted molar refractivity (Wildman–Crippen MR) is 116 cm³/mol. The SMILES string of the molecule is O=C(O)c1cccc2c1C(=O)N(CCCCCCN1C(=O)c3cccc(C(=O)O)c3C1=O)C2=O. The van der Waals surface area contributed by atoms with E-state index in [1.807, 2.05) is 0 Å². The molecular weight excluding hydrogens is 444 g/mol. The van der Waals surface area contributed by atoms with Crippen LogP contribution < -0.4 is 0 Å². The van der Waals surface area contributed by atoms with Gasteiger partial charge in [0.15, 0.2) is 0 Å². The summed E-state index contributed by atoms with van der Waals surface area (Å²) in [6.45, 7) is 0.251. The summed E-state index contributed by atoms with van der Waals surface area (Å²) in [4.78, 5) is 75.0. The van der Waals surface area contributed by atoms with Gasteiger partial charge < -0.3 is 10.2 Å². The molecule has 0 saturated carbocycles. The molecule has 0 aliphatic carbocycles. The lowest BCUT2D eigenvalue weighted by atomic mass is 10.0. The van der Waals surface area contributed by atoms with Gasteiger partial charge in [-0.2, -0.15) is 0 Å². The summed E-state index contributed by atoms with van der Waals surface area (Å²) in [6.07, 6.45) is 2.14. The quantitative estimate of drug-likeness (QED) is 0.425. The summed E-state index contributed by atoms with van der Waals surface area (Å²) >= 11 is 0. The minimum atomic E-state index is -1.27. The smallest absolute Gasteiger partial charge is 0.336 e. The molecule has 0 atom stereocenters. The molecule has 174 valence electrons. The standard InChI is InChI=1S/C24H20N2O8/c27-19-13-7-5-9-15(23(31)32)17(13)21(29)25(19)11-3-1-2-4-12-26-20(28)14-8-6-10-16(24(33)34)18(14)22(26)30/h5-10H,1-4,11-12H2,(H,31,32)(H,33,34). The third kappa shape index (κ3) is 3.72. The molecule has 2 aromatic carbocycles. The molecule has 0 radical (unpaired) electrons. The van der Waals surface area contributed by atoms with Crippen molar-refractivity contribution in [3.8, 4) is 0 Å². The van der Waals surface area contributed by atoms with Crippen molar-refractivity contribution in [1.29, 1.82) is 0 Å². The van der Waals surface area contributed by atoms with Crippen molar-refractivity contribution in [2.45, 2.75) is 25.7 Å². The minimum absolute atomic E-state index is 0.0799. The van der Waals surface area contributed by atoms with Crippen LogP contribution in [-0.2, 0) is 0 Å². The molecule has 2 heterocycles. The number of carbonyl (C=O) groups is 6. The Morgan fingerprint density at radius 3 is 1.32 bits per heavy atom. The number of fused-ring (bicyclic) bond motifs is 2. The lowest BCUT2D eigenvalue weighted by Gasteiger charge is -2.15. The minimum Gasteiger partial charge on any atom is -0.478 e. The second-order valence-electron chi connectivity index (χ2n) is 8.00. The van der Waals surface area contributed by atoms with E-state index in [1.165, 1.54) is 36.4 Å². The fourth-order valence-electron chi connectivity index (χ4n) is 4.32. The van der Waals surface area contributed by atoms with E-state index in [0.29, 0.717) is 25.7 Å². The zero-order chi connectivity index (χ0) is 24.6. The average molecular weight is 464 g/mol. The van der Waals surface area contributed by atoms with Crippen molar-refractivity contribution in [2.75, 3.05) is 13.1 Å². The Balaban J connectivity index is 1.29. The van der Waals surface area contributed by atoms with Gasteiger partial charge in [-0.05, 0) is 37.1 Å². The van der Waals surface area contributed by atoms with Crippen molar-refractivity contribution >= 4 is 35.6 Å². The second kappa shape index (κ2) is 8.89. The van der Waals surface area contributed by atoms with Crippen LogP contribution in [0.2, 0.25) is 0 Å². The number of unbranched alkanes of at least 4 members (excludes halogenated alkanes) is 3. The topological polar surface area (TPSA) is 149 Å². The number of imide groups is 2. The number of rotatable bonds is 9. The molecule has 2 aromatic rings. The molecule has 4 amide bonds. The molecule has 0 spiro atoms. The van der Waals surface area contributed by atoms with Crippen LogP contribution in [0, 0.1) is 0 Å². The van der Waals surface area contributed by atoms with Gasteiger partial charge >= 0.3 is 11.9 Å². The van der Waals surface area contributed by atoms with Crippen molar-refractivity contribution in [1.82, 2.24) is 9.80 Å². The van der Waals surface area contributed by atoms with E-state index in [9.17, 15) is 39.0 Å². The first kappa shape index (κ1) is 22.8. The highest BCUT2D eigenvalue weighted by Gasteiger charge is 2.39. The summed E-state index contributed by atoms with van der Waals surface area (Å²) in [5, 5.41) is 18.6. The maximum atomic E-state index is 12.6. The third-order valence-corrected chi connectivity index (χ3v) is 5.97. The molecular formula is C24H20N2O8. The Labute approximate surface area is 193 Å². The molecule has 0 saturated heterocycles. The second-order valence-corrected chi connectivity index (χ2v) is 8.00. The lowest BCUT2D eigenvalue weighted by Crippen LogP contribution is -2.31. The largest absolute Gasteiger partial charge is 0.478 e. The fourth-order valence-corrected chi connectivity index (χ4v) is 4.32. The summed E-state index contributed by atoms with van der Waals surface area (Å²) in [5.41, 5.74) is -0.430. The molecule has 10 heteroatoms. The molecule has 0 unspecified atom stereocenters. The van der Waals surface area contributed by atoms with Crippen molar-refractivity contribution < 1.29 is 39.0 Å². The van der Waals surface area contributed by atoms with Crippen molar-refractivity contribution in [3.05, 3.63) is 69.8 Å². The number of carboxylic acids is 2. The number of benzene rings is 2. The first-order valence-electron chi connectivity index (χ1n) is 10.7. The normalized spacial score (nSPS) is 14.6. The number of aromatic carboxylic acids is 2. The molecule has 0 fully saturated rings. The Morgan fingerprint density at radius 2 is 0.971 bits per heavy atom. The fraction of sp³-hybridized carbons (Fsp3) is 0.250. The zero-order valence-corrected chi connectivity index (χ0v) is 17.9. The highest BCUT2D eigenvalue weighted by Crippen LogP contribution is 2.28. The molecule has 4 rings (SSSR count). The van der Waals surface area contributed by atoms with E-state index in [2.05, 4.69) is 0 Å². The Kier molecular flexibility index (Phi) is 5.97. The molecule has 10 nitrogen and oxygen atoms in total. The van der Waals surface area contributed by atoms with Crippen LogP contribution in [0.25, 0.3) is 0 Å². The van der Waals surface area contributed by atoms with Gasteiger partial charge in [-0.1, -0.05) is 25.0 Å². The van der Waals surface area contributed by atoms with Gasteiger partial charge in [0.2, 0.25) is 0 Å². The predicted octanol–water partition coefficient (Wildman–Crippen LogP) is 2.54. The Hall–Kier alpha value is -4.34. The summed E-state index contributed by atoms with van der Waals surface area (Å²) in [7, 11) is 0. The van der Waals surface area contributed by atoms with E-state index >= 15 is 0 Å². The number of carboxylic acid groups (broad SMARTS) is 2. The molecule has 34 heavy (non-hydrogen) atoms. The van der Waals surface area contributed by atoms with Gasteiger partial charge in [0.1, 0.15) is 0 Å². The van der Waals surface area contributed by atoms with E-state index in [-0.39, 0.29) is 46.5 Å². The molecule has 2 aliphatic heterocycles. The van der Waals surface area contributed by atoms with Gasteiger partial charge in [0.05, 0.1) is 33.4 Å². The lowest BCUT2D eigenvalue weighted by molar-refractivity contribution is 0.0624. The van der Waals surface area contributed by atoms with E-state index in [1.54, 1.807) is 0 Å². The maximum absolute atomic E-state index is 12.6. The van der Waals surface area contributed by atoms with Crippen LogP contribution >= 0.6 is 0 Å². The van der Waals surface area contributed by atoms with Crippen LogP contribution in [0.4, 0.5) is 0 Å². The molecule has 2 N–H and O–H groups in total. The van der Waals surface area contributed by atoms with E-state index < -0.39 is 35.6 Å². The summed E-state index contributed by atoms with van der Waals surface area (Å²) in [6, 6.07) is 8.29. The number of nitrogens with zero attached hydrogens (tertiary/aromatic N) is 2. The number of hydrogen-bond acceptors (Lipinski definition) is 6. The van der Waals surface area contributed by atoms with Crippen LogP contribution in [0.1, 0.15) is 87.8 Å². The zero-order valence-electron chi connectivity index (χ0n) is 17.9. The number of carbonyl (C=O) groups excluding carboxylic acids is 4. The van der Waals surface area contributed by atoms with Crippen molar-refractivity contribution in [3.63, 3.8) is 0 Å². The molecule has 0 aromatic heterocycles. The van der Waals surface area contributed by atoms with E-state index in [0.717, 1.165) is 9.80 Å². The first-order chi connectivity index (χ1) is 16.2. The third-order valence-electron chi connectivity index (χ3n) is 5.97. The van der Waals surface area contributed by atoms with Gasteiger partial charge in [-0.3, -0.25) is 29.0 Å². The van der Waals surface area contributed by atoms with Crippen LogP contribution in [0.15, 0.2) is 36.4 Å². The molecule has 0 bridgehead atoms. The first-order valence-corrected chi connectivity index (χ1v) is 10.7. The van der Waals surface area contributed by atoms with Crippen molar-refractivity contribution in [2.24, 2.45) is 0 Å². The van der Waals surface area contributed by atoms with Gasteiger partial charge in [-0.25, -0.2) is 9.59 Å². The Morgan fingerprint density at radius 1 is 0.588 bits per heavy atom. The maximum Gasteiger partial charge on any atom is 0.336 e. The summed E-state index contributed by atoms with van der Waals surface area (Å²) < 4.78 is 0. The van der Waals surface area contributed by atoms with Crippen LogP contribution in [0.3, 0.4) is 0 Å². The molecule has 2 aliphatic rings. The number of amides is 4. The van der Waals surface area contributed by atoms with Crippen LogP contribution in [-0.4, -0.2) is 68.7 Å².